The Hall–Kier alpha value is -1.68. The van der Waals surface area contributed by atoms with Crippen LogP contribution in [0.15, 0.2) is 46.9 Å². The molecule has 92 valence electrons. The number of hydrogen-bond acceptors (Lipinski definition) is 2. The van der Waals surface area contributed by atoms with Crippen molar-refractivity contribution in [3.8, 4) is 11.1 Å². The van der Waals surface area contributed by atoms with E-state index >= 15 is 0 Å². The fourth-order valence-electron chi connectivity index (χ4n) is 1.64. The van der Waals surface area contributed by atoms with Gasteiger partial charge in [0.15, 0.2) is 0 Å². The van der Waals surface area contributed by atoms with Crippen LogP contribution in [0.1, 0.15) is 10.4 Å². The number of halogens is 2. The third-order valence-corrected chi connectivity index (χ3v) is 3.03. The lowest BCUT2D eigenvalue weighted by atomic mass is 10.0. The molecule has 2 rings (SSSR count). The molecule has 18 heavy (non-hydrogen) atoms. The molecule has 0 saturated heterocycles. The summed E-state index contributed by atoms with van der Waals surface area (Å²) >= 11 is 3.36. The molecule has 4 heteroatoms. The lowest BCUT2D eigenvalue weighted by Gasteiger charge is -2.05. The highest BCUT2D eigenvalue weighted by atomic mass is 79.9. The van der Waals surface area contributed by atoms with Crippen molar-refractivity contribution in [2.24, 2.45) is 0 Å². The molecular formula is C14H10BrFO2. The van der Waals surface area contributed by atoms with Gasteiger partial charge in [0.1, 0.15) is 5.82 Å². The summed E-state index contributed by atoms with van der Waals surface area (Å²) in [5.74, 6) is -1.26. The molecule has 0 aliphatic heterocycles. The number of hydrogen-bond donors (Lipinski definition) is 0. The molecular weight excluding hydrogens is 299 g/mol. The lowest BCUT2D eigenvalue weighted by molar-refractivity contribution is 0.0595. The summed E-state index contributed by atoms with van der Waals surface area (Å²) in [5.41, 5.74) is 1.53. The average Bonchev–Trinajstić information content (AvgIpc) is 2.37. The van der Waals surface area contributed by atoms with Gasteiger partial charge in [-0.05, 0) is 35.4 Å². The fourth-order valence-corrected chi connectivity index (χ4v) is 2.04. The van der Waals surface area contributed by atoms with Gasteiger partial charge >= 0.3 is 5.97 Å². The minimum Gasteiger partial charge on any atom is -0.465 e. The van der Waals surface area contributed by atoms with Crippen molar-refractivity contribution in [1.29, 1.82) is 0 Å². The molecule has 0 atom stereocenters. The Morgan fingerprint density at radius 2 is 1.89 bits per heavy atom. The molecule has 0 spiro atoms. The fraction of sp³-hybridized carbons (Fsp3) is 0.0714. The molecule has 0 aliphatic rings. The molecule has 2 aromatic carbocycles. The first-order valence-electron chi connectivity index (χ1n) is 5.25. The summed E-state index contributed by atoms with van der Waals surface area (Å²) in [6.07, 6.45) is 0. The Morgan fingerprint density at radius 1 is 1.17 bits per heavy atom. The maximum atomic E-state index is 13.8. The van der Waals surface area contributed by atoms with Crippen LogP contribution in [0.4, 0.5) is 4.39 Å². The summed E-state index contributed by atoms with van der Waals surface area (Å²) in [7, 11) is 1.23. The largest absolute Gasteiger partial charge is 0.465 e. The summed E-state index contributed by atoms with van der Waals surface area (Å²) in [6, 6.07) is 12.0. The second kappa shape index (κ2) is 5.31. The van der Waals surface area contributed by atoms with Crippen LogP contribution in [0.2, 0.25) is 0 Å². The Bertz CT molecular complexity index is 596. The maximum Gasteiger partial charge on any atom is 0.340 e. The van der Waals surface area contributed by atoms with Crippen LogP contribution < -0.4 is 0 Å². The quantitative estimate of drug-likeness (QED) is 0.783. The van der Waals surface area contributed by atoms with Gasteiger partial charge in [-0.1, -0.05) is 34.1 Å². The van der Waals surface area contributed by atoms with E-state index in [1.165, 1.54) is 19.2 Å². The number of carbonyl (C=O) groups excluding carboxylic acids is 1. The second-order valence-corrected chi connectivity index (χ2v) is 4.61. The first-order chi connectivity index (χ1) is 8.61. The summed E-state index contributed by atoms with van der Waals surface area (Å²) < 4.78 is 19.2. The highest BCUT2D eigenvalue weighted by Crippen LogP contribution is 2.25. The smallest absolute Gasteiger partial charge is 0.340 e. The van der Waals surface area contributed by atoms with Crippen molar-refractivity contribution in [3.63, 3.8) is 0 Å². The van der Waals surface area contributed by atoms with Crippen molar-refractivity contribution in [2.45, 2.75) is 0 Å². The molecule has 2 aromatic rings. The van der Waals surface area contributed by atoms with Crippen LogP contribution in [0, 0.1) is 5.82 Å². The molecule has 0 bridgehead atoms. The van der Waals surface area contributed by atoms with Crippen molar-refractivity contribution in [2.75, 3.05) is 7.11 Å². The van der Waals surface area contributed by atoms with E-state index in [-0.39, 0.29) is 5.56 Å². The van der Waals surface area contributed by atoms with Gasteiger partial charge in [-0.15, -0.1) is 0 Å². The minimum atomic E-state index is -0.673. The molecule has 0 amide bonds. The van der Waals surface area contributed by atoms with Gasteiger partial charge in [-0.3, -0.25) is 0 Å². The first-order valence-corrected chi connectivity index (χ1v) is 6.05. The summed E-state index contributed by atoms with van der Waals surface area (Å²) in [4.78, 5) is 11.3. The highest BCUT2D eigenvalue weighted by Gasteiger charge is 2.12. The zero-order valence-corrected chi connectivity index (χ0v) is 11.2. The van der Waals surface area contributed by atoms with E-state index in [2.05, 4.69) is 20.7 Å². The normalized spacial score (nSPS) is 10.2. The molecule has 0 radical (unpaired) electrons. The minimum absolute atomic E-state index is 0.0590. The van der Waals surface area contributed by atoms with Gasteiger partial charge in [0.2, 0.25) is 0 Å². The van der Waals surface area contributed by atoms with E-state index in [0.717, 1.165) is 10.0 Å². The van der Waals surface area contributed by atoms with E-state index in [9.17, 15) is 9.18 Å². The van der Waals surface area contributed by atoms with Gasteiger partial charge in [0.05, 0.1) is 12.7 Å². The molecule has 0 aliphatic carbocycles. The van der Waals surface area contributed by atoms with Crippen molar-refractivity contribution < 1.29 is 13.9 Å². The van der Waals surface area contributed by atoms with Gasteiger partial charge in [-0.2, -0.15) is 0 Å². The van der Waals surface area contributed by atoms with Gasteiger partial charge in [0, 0.05) is 4.47 Å². The predicted molar refractivity (Wildman–Crippen MR) is 70.9 cm³/mol. The maximum absolute atomic E-state index is 13.8. The Balaban J connectivity index is 2.43. The van der Waals surface area contributed by atoms with Crippen molar-refractivity contribution in [1.82, 2.24) is 0 Å². The van der Waals surface area contributed by atoms with E-state index in [1.54, 1.807) is 6.07 Å². The lowest BCUT2D eigenvalue weighted by Crippen LogP contribution is -2.04. The number of carbonyl (C=O) groups is 1. The molecule has 0 fully saturated rings. The predicted octanol–water partition coefficient (Wildman–Crippen LogP) is 4.04. The molecule has 0 saturated carbocycles. The van der Waals surface area contributed by atoms with Crippen LogP contribution in [-0.4, -0.2) is 13.1 Å². The summed E-state index contributed by atoms with van der Waals surface area (Å²) in [5, 5.41) is 0. The molecule has 0 unspecified atom stereocenters. The number of methoxy groups -OCH3 is 1. The van der Waals surface area contributed by atoms with Crippen LogP contribution in [-0.2, 0) is 4.74 Å². The van der Waals surface area contributed by atoms with Crippen molar-refractivity contribution >= 4 is 21.9 Å². The standard InChI is InChI=1S/C14H10BrFO2/c1-18-14(17)12-6-5-10(8-13(12)16)9-3-2-4-11(15)7-9/h2-8H,1H3. The molecule has 0 heterocycles. The average molecular weight is 309 g/mol. The number of rotatable bonds is 2. The third kappa shape index (κ3) is 2.59. The van der Waals surface area contributed by atoms with Gasteiger partial charge < -0.3 is 4.74 Å². The van der Waals surface area contributed by atoms with E-state index in [0.29, 0.717) is 5.56 Å². The SMILES string of the molecule is COC(=O)c1ccc(-c2cccc(Br)c2)cc1F. The zero-order valence-electron chi connectivity index (χ0n) is 9.61. The van der Waals surface area contributed by atoms with E-state index < -0.39 is 11.8 Å². The first kappa shape index (κ1) is 12.8. The second-order valence-electron chi connectivity index (χ2n) is 3.70. The van der Waals surface area contributed by atoms with E-state index in [4.69, 9.17) is 0 Å². The van der Waals surface area contributed by atoms with Crippen molar-refractivity contribution in [3.05, 3.63) is 58.3 Å². The van der Waals surface area contributed by atoms with Crippen LogP contribution in [0.25, 0.3) is 11.1 Å². The Kier molecular flexibility index (Phi) is 3.77. The van der Waals surface area contributed by atoms with Gasteiger partial charge in [0.25, 0.3) is 0 Å². The zero-order chi connectivity index (χ0) is 13.1. The highest BCUT2D eigenvalue weighted by molar-refractivity contribution is 9.10. The number of ether oxygens (including phenoxy) is 1. The molecule has 2 nitrogen and oxygen atoms in total. The van der Waals surface area contributed by atoms with E-state index in [1.807, 2.05) is 24.3 Å². The topological polar surface area (TPSA) is 26.3 Å². The van der Waals surface area contributed by atoms with Crippen LogP contribution in [0.3, 0.4) is 0 Å². The third-order valence-electron chi connectivity index (χ3n) is 2.53. The van der Waals surface area contributed by atoms with Crippen LogP contribution >= 0.6 is 15.9 Å². The Morgan fingerprint density at radius 3 is 2.50 bits per heavy atom. The monoisotopic (exact) mass is 308 g/mol. The molecule has 0 aromatic heterocycles. The Labute approximate surface area is 113 Å². The van der Waals surface area contributed by atoms with Gasteiger partial charge in [-0.25, -0.2) is 9.18 Å². The van der Waals surface area contributed by atoms with Crippen LogP contribution in [0.5, 0.6) is 0 Å². The number of benzene rings is 2. The molecule has 0 N–H and O–H groups in total. The summed E-state index contributed by atoms with van der Waals surface area (Å²) in [6.45, 7) is 0. The number of esters is 1.